The lowest BCUT2D eigenvalue weighted by Gasteiger charge is -2.22. The Morgan fingerprint density at radius 2 is 1.71 bits per heavy atom. The van der Waals surface area contributed by atoms with Crippen molar-refractivity contribution in [3.8, 4) is 5.75 Å². The third kappa shape index (κ3) is 3.65. The molecule has 17 heavy (non-hydrogen) atoms. The van der Waals surface area contributed by atoms with Crippen molar-refractivity contribution in [3.05, 3.63) is 23.8 Å². The normalized spacial score (nSPS) is 18.4. The summed E-state index contributed by atoms with van der Waals surface area (Å²) in [5.74, 6) is 0.390. The summed E-state index contributed by atoms with van der Waals surface area (Å²) in [5, 5.41) is 13.2. The number of rotatable bonds is 2. The van der Waals surface area contributed by atoms with Gasteiger partial charge < -0.3 is 10.4 Å². The van der Waals surface area contributed by atoms with E-state index < -0.39 is 0 Å². The van der Waals surface area contributed by atoms with Gasteiger partial charge in [-0.3, -0.25) is 0 Å². The molecule has 0 unspecified atom stereocenters. The molecule has 1 saturated carbocycles. The number of phenolic OH excluding ortho intramolecular Hbond substituents is 1. The molecule has 0 bridgehead atoms. The van der Waals surface area contributed by atoms with Crippen LogP contribution in [0.2, 0.25) is 0 Å². The predicted octanol–water partition coefficient (Wildman–Crippen LogP) is 4.23. The summed E-state index contributed by atoms with van der Waals surface area (Å²) in [6, 6.07) is 6.46. The van der Waals surface area contributed by atoms with E-state index in [9.17, 15) is 5.11 Å². The van der Waals surface area contributed by atoms with Crippen LogP contribution in [0.25, 0.3) is 0 Å². The van der Waals surface area contributed by atoms with Gasteiger partial charge in [0.25, 0.3) is 0 Å². The smallest absolute Gasteiger partial charge is 0.120 e. The maximum Gasteiger partial charge on any atom is 0.120 e. The molecule has 1 fully saturated rings. The van der Waals surface area contributed by atoms with Gasteiger partial charge in [-0.25, -0.2) is 0 Å². The molecule has 2 rings (SSSR count). The number of nitrogens with one attached hydrogen (secondary N) is 1. The molecule has 0 atom stereocenters. The van der Waals surface area contributed by atoms with E-state index in [1.807, 2.05) is 19.1 Å². The molecule has 0 amide bonds. The third-order valence-corrected chi connectivity index (χ3v) is 3.69. The van der Waals surface area contributed by atoms with E-state index in [-0.39, 0.29) is 0 Å². The quantitative estimate of drug-likeness (QED) is 0.801. The van der Waals surface area contributed by atoms with E-state index in [0.717, 1.165) is 11.3 Å². The van der Waals surface area contributed by atoms with Crippen LogP contribution in [0.15, 0.2) is 18.2 Å². The third-order valence-electron chi connectivity index (χ3n) is 3.69. The first-order chi connectivity index (χ1) is 8.25. The Hall–Kier alpha value is -1.18. The fraction of sp³-hybridized carbons (Fsp3) is 0.600. The summed E-state index contributed by atoms with van der Waals surface area (Å²) in [5.41, 5.74) is 1.99. The first-order valence-electron chi connectivity index (χ1n) is 6.82. The lowest BCUT2D eigenvalue weighted by Crippen LogP contribution is -2.20. The van der Waals surface area contributed by atoms with Gasteiger partial charge >= 0.3 is 0 Å². The van der Waals surface area contributed by atoms with E-state index in [2.05, 4.69) is 11.4 Å². The predicted molar refractivity (Wildman–Crippen MR) is 72.6 cm³/mol. The Kier molecular flexibility index (Phi) is 4.29. The molecule has 1 aromatic rings. The van der Waals surface area contributed by atoms with Crippen LogP contribution in [0.3, 0.4) is 0 Å². The largest absolute Gasteiger partial charge is 0.508 e. The summed E-state index contributed by atoms with van der Waals surface area (Å²) < 4.78 is 0. The van der Waals surface area contributed by atoms with Gasteiger partial charge in [0.15, 0.2) is 0 Å². The summed E-state index contributed by atoms with van der Waals surface area (Å²) >= 11 is 0. The van der Waals surface area contributed by atoms with Gasteiger partial charge in [-0.1, -0.05) is 38.2 Å². The van der Waals surface area contributed by atoms with Crippen LogP contribution in [-0.4, -0.2) is 11.1 Å². The molecular formula is C15H23NO. The lowest BCUT2D eigenvalue weighted by atomic mass is 9.96. The molecule has 2 N–H and O–H groups in total. The molecule has 0 aliphatic heterocycles. The Labute approximate surface area is 104 Å². The maximum atomic E-state index is 9.69. The number of benzene rings is 1. The van der Waals surface area contributed by atoms with Crippen molar-refractivity contribution in [3.63, 3.8) is 0 Å². The second kappa shape index (κ2) is 5.95. The van der Waals surface area contributed by atoms with Gasteiger partial charge in [0.05, 0.1) is 0 Å². The van der Waals surface area contributed by atoms with E-state index in [1.54, 1.807) is 0 Å². The van der Waals surface area contributed by atoms with Crippen LogP contribution < -0.4 is 5.32 Å². The Morgan fingerprint density at radius 3 is 2.35 bits per heavy atom. The highest BCUT2D eigenvalue weighted by Crippen LogP contribution is 2.24. The van der Waals surface area contributed by atoms with Gasteiger partial charge in [-0.15, -0.1) is 0 Å². The summed E-state index contributed by atoms with van der Waals surface area (Å²) in [4.78, 5) is 0. The first kappa shape index (κ1) is 12.3. The highest BCUT2D eigenvalue weighted by Gasteiger charge is 2.11. The number of anilines is 1. The van der Waals surface area contributed by atoms with Gasteiger partial charge in [0.2, 0.25) is 0 Å². The molecular weight excluding hydrogens is 210 g/mol. The van der Waals surface area contributed by atoms with E-state index in [4.69, 9.17) is 0 Å². The van der Waals surface area contributed by atoms with Crippen LogP contribution in [0.4, 0.5) is 5.69 Å². The second-order valence-corrected chi connectivity index (χ2v) is 5.19. The SMILES string of the molecule is Cc1ccc(NC2CCCCCCC2)cc1O. The zero-order valence-electron chi connectivity index (χ0n) is 10.7. The van der Waals surface area contributed by atoms with Crippen LogP contribution in [0.1, 0.15) is 50.5 Å². The van der Waals surface area contributed by atoms with Crippen LogP contribution in [-0.2, 0) is 0 Å². The van der Waals surface area contributed by atoms with E-state index >= 15 is 0 Å². The van der Waals surface area contributed by atoms with Crippen molar-refractivity contribution in [2.75, 3.05) is 5.32 Å². The average Bonchev–Trinajstić information content (AvgIpc) is 2.27. The summed E-state index contributed by atoms with van der Waals surface area (Å²) in [6.45, 7) is 1.93. The molecule has 1 aliphatic rings. The highest BCUT2D eigenvalue weighted by atomic mass is 16.3. The number of phenols is 1. The van der Waals surface area contributed by atoms with Gasteiger partial charge in [-0.2, -0.15) is 0 Å². The zero-order chi connectivity index (χ0) is 12.1. The van der Waals surface area contributed by atoms with Crippen LogP contribution in [0.5, 0.6) is 5.75 Å². The molecule has 2 nitrogen and oxygen atoms in total. The van der Waals surface area contributed by atoms with Gasteiger partial charge in [0.1, 0.15) is 5.75 Å². The first-order valence-corrected chi connectivity index (χ1v) is 6.82. The average molecular weight is 233 g/mol. The molecule has 0 aromatic heterocycles. The zero-order valence-corrected chi connectivity index (χ0v) is 10.7. The van der Waals surface area contributed by atoms with Gasteiger partial charge in [0, 0.05) is 17.8 Å². The Bertz CT molecular complexity index is 354. The topological polar surface area (TPSA) is 32.3 Å². The molecule has 0 saturated heterocycles. The monoisotopic (exact) mass is 233 g/mol. The van der Waals surface area contributed by atoms with Crippen LogP contribution in [0, 0.1) is 6.92 Å². The number of hydrogen-bond acceptors (Lipinski definition) is 2. The maximum absolute atomic E-state index is 9.69. The second-order valence-electron chi connectivity index (χ2n) is 5.19. The van der Waals surface area contributed by atoms with Crippen LogP contribution >= 0.6 is 0 Å². The molecule has 1 aliphatic carbocycles. The summed E-state index contributed by atoms with van der Waals surface area (Å²) in [7, 11) is 0. The molecule has 2 heteroatoms. The number of aryl methyl sites for hydroxylation is 1. The fourth-order valence-electron chi connectivity index (χ4n) is 2.54. The van der Waals surface area contributed by atoms with Crippen molar-refractivity contribution in [1.29, 1.82) is 0 Å². The minimum absolute atomic E-state index is 0.390. The van der Waals surface area contributed by atoms with Crippen molar-refractivity contribution < 1.29 is 5.11 Å². The van der Waals surface area contributed by atoms with Crippen molar-refractivity contribution in [2.24, 2.45) is 0 Å². The standard InChI is InChI=1S/C15H23NO/c1-12-9-10-14(11-15(12)17)16-13-7-5-3-2-4-6-8-13/h9-11,13,16-17H,2-8H2,1H3. The van der Waals surface area contributed by atoms with Crippen molar-refractivity contribution in [1.82, 2.24) is 0 Å². The Balaban J connectivity index is 1.95. The molecule has 0 radical (unpaired) electrons. The van der Waals surface area contributed by atoms with Crippen molar-refractivity contribution >= 4 is 5.69 Å². The number of hydrogen-bond donors (Lipinski definition) is 2. The minimum atomic E-state index is 0.390. The minimum Gasteiger partial charge on any atom is -0.508 e. The lowest BCUT2D eigenvalue weighted by molar-refractivity contribution is 0.466. The molecule has 94 valence electrons. The molecule has 0 spiro atoms. The van der Waals surface area contributed by atoms with E-state index in [1.165, 1.54) is 44.9 Å². The van der Waals surface area contributed by atoms with Crippen molar-refractivity contribution in [2.45, 2.75) is 57.9 Å². The molecule has 0 heterocycles. The molecule has 1 aromatic carbocycles. The van der Waals surface area contributed by atoms with Gasteiger partial charge in [-0.05, 0) is 31.4 Å². The Morgan fingerprint density at radius 1 is 1.06 bits per heavy atom. The number of aromatic hydroxyl groups is 1. The van der Waals surface area contributed by atoms with E-state index in [0.29, 0.717) is 11.8 Å². The fourth-order valence-corrected chi connectivity index (χ4v) is 2.54. The summed E-state index contributed by atoms with van der Waals surface area (Å²) in [6.07, 6.45) is 9.32. The highest BCUT2D eigenvalue weighted by molar-refractivity contribution is 5.51.